The number of hydrogen-bond acceptors (Lipinski definition) is 4. The van der Waals surface area contributed by atoms with Crippen molar-refractivity contribution in [3.8, 4) is 0 Å². The third-order valence-corrected chi connectivity index (χ3v) is 2.35. The number of amides is 3. The highest BCUT2D eigenvalue weighted by molar-refractivity contribution is 5.96. The van der Waals surface area contributed by atoms with Crippen LogP contribution in [0, 0.1) is 5.92 Å². The van der Waals surface area contributed by atoms with Gasteiger partial charge in [0, 0.05) is 12.6 Å². The minimum Gasteiger partial charge on any atom is -0.396 e. The van der Waals surface area contributed by atoms with Gasteiger partial charge in [0.05, 0.1) is 6.04 Å². The van der Waals surface area contributed by atoms with Crippen LogP contribution in [0.25, 0.3) is 0 Å². The van der Waals surface area contributed by atoms with E-state index in [2.05, 4.69) is 5.32 Å². The zero-order chi connectivity index (χ0) is 12.7. The Morgan fingerprint density at radius 3 is 2.25 bits per heavy atom. The van der Waals surface area contributed by atoms with E-state index in [1.165, 1.54) is 0 Å². The largest absolute Gasteiger partial charge is 0.396 e. The SMILES string of the molecule is CC(NC(CCO)C(C)C)C(=O)NC(N)=O. The molecule has 2 atom stereocenters. The first-order valence-electron chi connectivity index (χ1n) is 5.35. The third-order valence-electron chi connectivity index (χ3n) is 2.35. The molecule has 0 aromatic rings. The van der Waals surface area contributed by atoms with E-state index in [-0.39, 0.29) is 18.6 Å². The molecule has 0 aliphatic carbocycles. The smallest absolute Gasteiger partial charge is 0.318 e. The van der Waals surface area contributed by atoms with Gasteiger partial charge in [0.25, 0.3) is 0 Å². The number of carbonyl (C=O) groups is 2. The first kappa shape index (κ1) is 14.9. The fourth-order valence-electron chi connectivity index (χ4n) is 1.37. The average molecular weight is 231 g/mol. The fraction of sp³-hybridized carbons (Fsp3) is 0.800. The quantitative estimate of drug-likeness (QED) is 0.497. The zero-order valence-corrected chi connectivity index (χ0v) is 9.99. The molecular formula is C10H21N3O3. The minimum absolute atomic E-state index is 0.0265. The number of primary amides is 1. The van der Waals surface area contributed by atoms with Crippen LogP contribution in [0.15, 0.2) is 0 Å². The number of hydrogen-bond donors (Lipinski definition) is 4. The van der Waals surface area contributed by atoms with Gasteiger partial charge in [-0.15, -0.1) is 0 Å². The first-order chi connectivity index (χ1) is 7.38. The van der Waals surface area contributed by atoms with E-state index in [1.54, 1.807) is 6.92 Å². The molecule has 2 unspecified atom stereocenters. The lowest BCUT2D eigenvalue weighted by molar-refractivity contribution is -0.121. The molecule has 0 spiro atoms. The number of rotatable bonds is 6. The van der Waals surface area contributed by atoms with Crippen molar-refractivity contribution in [2.75, 3.05) is 6.61 Å². The van der Waals surface area contributed by atoms with Crippen LogP contribution < -0.4 is 16.4 Å². The van der Waals surface area contributed by atoms with Gasteiger partial charge in [-0.25, -0.2) is 4.79 Å². The number of aliphatic hydroxyl groups is 1. The van der Waals surface area contributed by atoms with E-state index in [0.29, 0.717) is 6.42 Å². The number of carbonyl (C=O) groups excluding carboxylic acids is 2. The summed E-state index contributed by atoms with van der Waals surface area (Å²) in [4.78, 5) is 21.9. The average Bonchev–Trinajstić information content (AvgIpc) is 2.15. The maximum absolute atomic E-state index is 11.4. The van der Waals surface area contributed by atoms with Crippen molar-refractivity contribution in [1.29, 1.82) is 0 Å². The van der Waals surface area contributed by atoms with Gasteiger partial charge in [0.1, 0.15) is 0 Å². The summed E-state index contributed by atoms with van der Waals surface area (Å²) in [5, 5.41) is 13.9. The van der Waals surface area contributed by atoms with Crippen molar-refractivity contribution in [3.05, 3.63) is 0 Å². The van der Waals surface area contributed by atoms with Crippen LogP contribution in [0.3, 0.4) is 0 Å². The normalized spacial score (nSPS) is 14.6. The molecule has 3 amide bonds. The maximum atomic E-state index is 11.4. The Bertz CT molecular complexity index is 243. The molecule has 0 radical (unpaired) electrons. The Morgan fingerprint density at radius 1 is 1.31 bits per heavy atom. The lowest BCUT2D eigenvalue weighted by Crippen LogP contribution is -2.50. The molecule has 6 heteroatoms. The van der Waals surface area contributed by atoms with Crippen molar-refractivity contribution < 1.29 is 14.7 Å². The summed E-state index contributed by atoms with van der Waals surface area (Å²) >= 11 is 0. The molecule has 6 nitrogen and oxygen atoms in total. The number of nitrogens with one attached hydrogen (secondary N) is 2. The van der Waals surface area contributed by atoms with Gasteiger partial charge >= 0.3 is 6.03 Å². The van der Waals surface area contributed by atoms with Crippen LogP contribution in [0.5, 0.6) is 0 Å². The summed E-state index contributed by atoms with van der Waals surface area (Å²) in [5.74, 6) is -0.174. The third kappa shape index (κ3) is 5.67. The highest BCUT2D eigenvalue weighted by Crippen LogP contribution is 2.06. The molecule has 0 aliphatic rings. The van der Waals surface area contributed by atoms with Crippen LogP contribution in [0.2, 0.25) is 0 Å². The second-order valence-electron chi connectivity index (χ2n) is 4.10. The van der Waals surface area contributed by atoms with Crippen molar-refractivity contribution in [1.82, 2.24) is 10.6 Å². The van der Waals surface area contributed by atoms with Crippen molar-refractivity contribution in [3.63, 3.8) is 0 Å². The molecular weight excluding hydrogens is 210 g/mol. The Hall–Kier alpha value is -1.14. The summed E-state index contributed by atoms with van der Waals surface area (Å²) < 4.78 is 0. The molecule has 0 saturated carbocycles. The monoisotopic (exact) mass is 231 g/mol. The molecule has 16 heavy (non-hydrogen) atoms. The standard InChI is InChI=1S/C10H21N3O3/c1-6(2)8(4-5-14)12-7(3)9(15)13-10(11)16/h6-8,12,14H,4-5H2,1-3H3,(H3,11,13,15,16). The van der Waals surface area contributed by atoms with Crippen molar-refractivity contribution in [2.24, 2.45) is 11.7 Å². The number of imide groups is 1. The Labute approximate surface area is 95.6 Å². The Morgan fingerprint density at radius 2 is 1.88 bits per heavy atom. The lowest BCUT2D eigenvalue weighted by atomic mass is 10.0. The van der Waals surface area contributed by atoms with Crippen molar-refractivity contribution in [2.45, 2.75) is 39.3 Å². The van der Waals surface area contributed by atoms with Crippen LogP contribution in [0.4, 0.5) is 4.79 Å². The van der Waals surface area contributed by atoms with E-state index in [9.17, 15) is 9.59 Å². The van der Waals surface area contributed by atoms with Gasteiger partial charge in [0.15, 0.2) is 0 Å². The molecule has 0 rings (SSSR count). The molecule has 0 aliphatic heterocycles. The van der Waals surface area contributed by atoms with E-state index in [1.807, 2.05) is 19.2 Å². The molecule has 0 aromatic heterocycles. The second-order valence-corrected chi connectivity index (χ2v) is 4.10. The van der Waals surface area contributed by atoms with Gasteiger partial charge < -0.3 is 16.2 Å². The van der Waals surface area contributed by atoms with E-state index in [0.717, 1.165) is 0 Å². The fourth-order valence-corrected chi connectivity index (χ4v) is 1.37. The van der Waals surface area contributed by atoms with Gasteiger partial charge in [-0.1, -0.05) is 13.8 Å². The Kier molecular flexibility index (Phi) is 6.67. The van der Waals surface area contributed by atoms with Crippen LogP contribution >= 0.6 is 0 Å². The molecule has 0 aromatic carbocycles. The maximum Gasteiger partial charge on any atom is 0.318 e. The summed E-state index contributed by atoms with van der Waals surface area (Å²) in [5.41, 5.74) is 4.84. The molecule has 0 bridgehead atoms. The topological polar surface area (TPSA) is 104 Å². The van der Waals surface area contributed by atoms with E-state index < -0.39 is 18.0 Å². The van der Waals surface area contributed by atoms with Gasteiger partial charge in [-0.3, -0.25) is 10.1 Å². The highest BCUT2D eigenvalue weighted by Gasteiger charge is 2.20. The van der Waals surface area contributed by atoms with Crippen LogP contribution in [-0.2, 0) is 4.79 Å². The number of nitrogens with two attached hydrogens (primary N) is 1. The summed E-state index contributed by atoms with van der Waals surface area (Å²) in [6.45, 7) is 5.68. The summed E-state index contributed by atoms with van der Waals surface area (Å²) in [6, 6.07) is -1.35. The molecule has 5 N–H and O–H groups in total. The van der Waals surface area contributed by atoms with Crippen LogP contribution in [-0.4, -0.2) is 35.7 Å². The highest BCUT2D eigenvalue weighted by atomic mass is 16.3. The molecule has 0 heterocycles. The molecule has 94 valence electrons. The van der Waals surface area contributed by atoms with Gasteiger partial charge in [-0.05, 0) is 19.3 Å². The summed E-state index contributed by atoms with van der Waals surface area (Å²) in [6.07, 6.45) is 0.561. The van der Waals surface area contributed by atoms with E-state index in [4.69, 9.17) is 10.8 Å². The molecule has 0 fully saturated rings. The predicted molar refractivity (Wildman–Crippen MR) is 60.7 cm³/mol. The van der Waals surface area contributed by atoms with Crippen LogP contribution in [0.1, 0.15) is 27.2 Å². The summed E-state index contributed by atoms with van der Waals surface area (Å²) in [7, 11) is 0. The lowest BCUT2D eigenvalue weighted by Gasteiger charge is -2.25. The number of urea groups is 1. The first-order valence-corrected chi connectivity index (χ1v) is 5.35. The van der Waals surface area contributed by atoms with E-state index >= 15 is 0 Å². The molecule has 0 saturated heterocycles. The number of aliphatic hydroxyl groups excluding tert-OH is 1. The Balaban J connectivity index is 4.22. The predicted octanol–water partition coefficient (Wildman–Crippen LogP) is -0.434. The van der Waals surface area contributed by atoms with Crippen molar-refractivity contribution >= 4 is 11.9 Å². The zero-order valence-electron chi connectivity index (χ0n) is 9.99. The second kappa shape index (κ2) is 7.19. The van der Waals surface area contributed by atoms with Gasteiger partial charge in [-0.2, -0.15) is 0 Å². The van der Waals surface area contributed by atoms with Gasteiger partial charge in [0.2, 0.25) is 5.91 Å². The minimum atomic E-state index is -0.859.